The molecule has 28 heavy (non-hydrogen) atoms. The number of halogens is 2. The van der Waals surface area contributed by atoms with Gasteiger partial charge in [0.1, 0.15) is 5.60 Å². The van der Waals surface area contributed by atoms with Crippen molar-refractivity contribution < 1.29 is 23.6 Å². The number of benzene rings is 1. The fourth-order valence-corrected chi connectivity index (χ4v) is 3.64. The van der Waals surface area contributed by atoms with E-state index in [0.717, 1.165) is 6.07 Å². The minimum Gasteiger partial charge on any atom is -0.444 e. The number of hydrogen-bond acceptors (Lipinski definition) is 5. The van der Waals surface area contributed by atoms with E-state index in [-0.39, 0.29) is 35.2 Å². The van der Waals surface area contributed by atoms with Crippen molar-refractivity contribution in [3.05, 3.63) is 38.1 Å². The summed E-state index contributed by atoms with van der Waals surface area (Å²) in [4.78, 5) is 38.4. The Kier molecular flexibility index (Phi) is 6.32. The van der Waals surface area contributed by atoms with Crippen LogP contribution in [-0.2, 0) is 4.74 Å². The molecular weight excluding hydrogens is 437 g/mol. The van der Waals surface area contributed by atoms with Crippen LogP contribution in [0.4, 0.5) is 14.9 Å². The number of nitrogens with zero attached hydrogens (tertiary/aromatic N) is 3. The van der Waals surface area contributed by atoms with Gasteiger partial charge < -0.3 is 9.64 Å². The van der Waals surface area contributed by atoms with E-state index in [2.05, 4.69) is 15.9 Å². The smallest absolute Gasteiger partial charge is 0.410 e. The zero-order chi connectivity index (χ0) is 21.4. The third-order valence-electron chi connectivity index (χ3n) is 4.26. The van der Waals surface area contributed by atoms with E-state index < -0.39 is 34.0 Å². The SMILES string of the molecule is C[C@@H]1CN(C(=O)c2cc(Br)cc([N+](=O)[O-])c2F)C[C@H](C)N1C(=O)OC(C)(C)C. The van der Waals surface area contributed by atoms with Crippen LogP contribution in [-0.4, -0.2) is 57.5 Å². The maximum Gasteiger partial charge on any atom is 0.410 e. The Balaban J connectivity index is 2.25. The van der Waals surface area contributed by atoms with Crippen molar-refractivity contribution in [3.63, 3.8) is 0 Å². The topological polar surface area (TPSA) is 93.0 Å². The van der Waals surface area contributed by atoms with E-state index in [0.29, 0.717) is 0 Å². The maximum absolute atomic E-state index is 14.5. The third kappa shape index (κ3) is 4.78. The Hall–Kier alpha value is -2.23. The molecule has 2 rings (SSSR count). The van der Waals surface area contributed by atoms with E-state index in [1.165, 1.54) is 11.0 Å². The lowest BCUT2D eigenvalue weighted by molar-refractivity contribution is -0.387. The number of carbonyl (C=O) groups excluding carboxylic acids is 2. The van der Waals surface area contributed by atoms with E-state index in [4.69, 9.17) is 4.74 Å². The molecule has 1 aliphatic heterocycles. The summed E-state index contributed by atoms with van der Waals surface area (Å²) >= 11 is 3.08. The van der Waals surface area contributed by atoms with E-state index in [1.54, 1.807) is 39.5 Å². The molecule has 2 amide bonds. The van der Waals surface area contributed by atoms with Crippen molar-refractivity contribution in [3.8, 4) is 0 Å². The van der Waals surface area contributed by atoms with Crippen LogP contribution in [0.3, 0.4) is 0 Å². The molecule has 1 saturated heterocycles. The van der Waals surface area contributed by atoms with Crippen LogP contribution >= 0.6 is 15.9 Å². The average molecular weight is 460 g/mol. The molecule has 0 aliphatic carbocycles. The highest BCUT2D eigenvalue weighted by Gasteiger charge is 2.38. The molecule has 1 aromatic rings. The Morgan fingerprint density at radius 1 is 1.25 bits per heavy atom. The Morgan fingerprint density at radius 2 is 1.79 bits per heavy atom. The summed E-state index contributed by atoms with van der Waals surface area (Å²) in [6, 6.07) is 1.50. The second-order valence-corrected chi connectivity index (χ2v) is 8.76. The van der Waals surface area contributed by atoms with Crippen molar-refractivity contribution in [1.29, 1.82) is 0 Å². The maximum atomic E-state index is 14.5. The number of hydrogen-bond donors (Lipinski definition) is 0. The van der Waals surface area contributed by atoms with Crippen LogP contribution in [0.1, 0.15) is 45.0 Å². The van der Waals surface area contributed by atoms with Gasteiger partial charge in [0.15, 0.2) is 0 Å². The Bertz CT molecular complexity index is 799. The number of piperazine rings is 1. The van der Waals surface area contributed by atoms with Gasteiger partial charge in [0.2, 0.25) is 5.82 Å². The number of nitro benzene ring substituents is 1. The minimum atomic E-state index is -1.17. The highest BCUT2D eigenvalue weighted by atomic mass is 79.9. The molecule has 1 fully saturated rings. The standard InChI is InChI=1S/C18H23BrFN3O5/c1-10-8-21(9-11(2)22(10)17(25)28-18(3,4)5)16(24)13-6-12(19)7-14(15(13)20)23(26)27/h6-7,10-11H,8-9H2,1-5H3/t10-,11+. The van der Waals surface area contributed by atoms with Gasteiger partial charge in [-0.2, -0.15) is 4.39 Å². The summed E-state index contributed by atoms with van der Waals surface area (Å²) in [5, 5.41) is 11.0. The third-order valence-corrected chi connectivity index (χ3v) is 4.71. The quantitative estimate of drug-likeness (QED) is 0.492. The Morgan fingerprint density at radius 3 is 2.25 bits per heavy atom. The van der Waals surface area contributed by atoms with Crippen LogP contribution in [0, 0.1) is 15.9 Å². The molecule has 0 unspecified atom stereocenters. The van der Waals surface area contributed by atoms with E-state index >= 15 is 0 Å². The molecule has 1 heterocycles. The molecule has 0 radical (unpaired) electrons. The summed E-state index contributed by atoms with van der Waals surface area (Å²) < 4.78 is 20.2. The molecule has 154 valence electrons. The monoisotopic (exact) mass is 459 g/mol. The first-order chi connectivity index (χ1) is 12.8. The van der Waals surface area contributed by atoms with Gasteiger partial charge in [-0.1, -0.05) is 15.9 Å². The van der Waals surface area contributed by atoms with Gasteiger partial charge in [-0.05, 0) is 40.7 Å². The molecule has 8 nitrogen and oxygen atoms in total. The largest absolute Gasteiger partial charge is 0.444 e. The van der Waals surface area contributed by atoms with E-state index in [1.807, 2.05) is 0 Å². The van der Waals surface area contributed by atoms with Crippen molar-refractivity contribution in [1.82, 2.24) is 9.80 Å². The van der Waals surface area contributed by atoms with Crippen LogP contribution in [0.15, 0.2) is 16.6 Å². The van der Waals surface area contributed by atoms with Gasteiger partial charge in [0.05, 0.1) is 22.6 Å². The predicted octanol–water partition coefficient (Wildman–Crippen LogP) is 3.97. The van der Waals surface area contributed by atoms with Crippen molar-refractivity contribution in [2.24, 2.45) is 0 Å². The van der Waals surface area contributed by atoms with Gasteiger partial charge in [-0.25, -0.2) is 4.79 Å². The van der Waals surface area contributed by atoms with Crippen molar-refractivity contribution >= 4 is 33.6 Å². The molecule has 1 aromatic carbocycles. The lowest BCUT2D eigenvalue weighted by Gasteiger charge is -2.44. The van der Waals surface area contributed by atoms with Gasteiger partial charge in [-0.3, -0.25) is 19.8 Å². The number of nitro groups is 1. The molecule has 1 aliphatic rings. The predicted molar refractivity (Wildman–Crippen MR) is 104 cm³/mol. The minimum absolute atomic E-state index is 0.155. The molecule has 10 heteroatoms. The summed E-state index contributed by atoms with van der Waals surface area (Å²) in [5.74, 6) is -1.84. The zero-order valence-electron chi connectivity index (χ0n) is 16.4. The summed E-state index contributed by atoms with van der Waals surface area (Å²) in [5.41, 5.74) is -1.81. The second kappa shape index (κ2) is 8.02. The van der Waals surface area contributed by atoms with Crippen LogP contribution in [0.2, 0.25) is 0 Å². The molecule has 0 N–H and O–H groups in total. The lowest BCUT2D eigenvalue weighted by Crippen LogP contribution is -2.60. The first kappa shape index (κ1) is 22.1. The van der Waals surface area contributed by atoms with Crippen LogP contribution < -0.4 is 0 Å². The summed E-state index contributed by atoms with van der Waals surface area (Å²) in [7, 11) is 0. The number of ether oxygens (including phenoxy) is 1. The lowest BCUT2D eigenvalue weighted by atomic mass is 10.1. The highest BCUT2D eigenvalue weighted by Crippen LogP contribution is 2.28. The first-order valence-electron chi connectivity index (χ1n) is 8.76. The number of carbonyl (C=O) groups is 2. The number of rotatable bonds is 2. The summed E-state index contributed by atoms with van der Waals surface area (Å²) in [6.07, 6.45) is -0.483. The van der Waals surface area contributed by atoms with E-state index in [9.17, 15) is 24.1 Å². The summed E-state index contributed by atoms with van der Waals surface area (Å²) in [6.45, 7) is 9.14. The van der Waals surface area contributed by atoms with Crippen molar-refractivity contribution in [2.45, 2.75) is 52.3 Å². The van der Waals surface area contributed by atoms with Crippen LogP contribution in [0.5, 0.6) is 0 Å². The second-order valence-electron chi connectivity index (χ2n) is 7.84. The van der Waals surface area contributed by atoms with Gasteiger partial charge in [0, 0.05) is 23.6 Å². The average Bonchev–Trinajstić information content (AvgIpc) is 2.53. The van der Waals surface area contributed by atoms with Gasteiger partial charge in [-0.15, -0.1) is 0 Å². The fraction of sp³-hybridized carbons (Fsp3) is 0.556. The highest BCUT2D eigenvalue weighted by molar-refractivity contribution is 9.10. The van der Waals surface area contributed by atoms with Crippen molar-refractivity contribution in [2.75, 3.05) is 13.1 Å². The number of amides is 2. The normalized spacial score (nSPS) is 20.1. The van der Waals surface area contributed by atoms with Gasteiger partial charge >= 0.3 is 11.8 Å². The molecular formula is C18H23BrFN3O5. The molecule has 0 saturated carbocycles. The Labute approximate surface area is 170 Å². The fourth-order valence-electron chi connectivity index (χ4n) is 3.20. The zero-order valence-corrected chi connectivity index (χ0v) is 17.9. The molecule has 0 spiro atoms. The molecule has 0 bridgehead atoms. The van der Waals surface area contributed by atoms with Crippen LogP contribution in [0.25, 0.3) is 0 Å². The first-order valence-corrected chi connectivity index (χ1v) is 9.55. The molecule has 2 atom stereocenters. The van der Waals surface area contributed by atoms with Gasteiger partial charge in [0.25, 0.3) is 5.91 Å². The molecule has 0 aromatic heterocycles.